The second kappa shape index (κ2) is 5.10. The zero-order valence-electron chi connectivity index (χ0n) is 9.65. The number of nitrogens with two attached hydrogens (primary N) is 1. The first kappa shape index (κ1) is 14.1. The van der Waals surface area contributed by atoms with E-state index in [2.05, 4.69) is 0 Å². The van der Waals surface area contributed by atoms with Crippen LogP contribution in [0, 0.1) is 17.6 Å². The Bertz CT molecular complexity index is 500. The molecule has 2 N–H and O–H groups in total. The summed E-state index contributed by atoms with van der Waals surface area (Å²) in [4.78, 5) is -0.631. The van der Waals surface area contributed by atoms with Crippen LogP contribution in [-0.4, -0.2) is 20.2 Å². The fourth-order valence-electron chi connectivity index (χ4n) is 1.25. The van der Waals surface area contributed by atoms with E-state index in [0.717, 1.165) is 12.1 Å². The van der Waals surface area contributed by atoms with Crippen LogP contribution in [0.4, 0.5) is 8.78 Å². The van der Waals surface area contributed by atoms with Crippen LogP contribution in [0.25, 0.3) is 0 Å². The van der Waals surface area contributed by atoms with Gasteiger partial charge in [0.2, 0.25) is 0 Å². The van der Waals surface area contributed by atoms with Crippen molar-refractivity contribution in [3.05, 3.63) is 29.8 Å². The van der Waals surface area contributed by atoms with E-state index in [9.17, 15) is 17.2 Å². The molecule has 0 heterocycles. The molecule has 96 valence electrons. The van der Waals surface area contributed by atoms with E-state index in [-0.39, 0.29) is 5.92 Å². The van der Waals surface area contributed by atoms with Gasteiger partial charge in [0.15, 0.2) is 9.84 Å². The van der Waals surface area contributed by atoms with Gasteiger partial charge in [-0.15, -0.1) is 0 Å². The van der Waals surface area contributed by atoms with E-state index < -0.39 is 38.2 Å². The molecule has 0 aliphatic heterocycles. The van der Waals surface area contributed by atoms with Gasteiger partial charge in [0.25, 0.3) is 0 Å². The van der Waals surface area contributed by atoms with Crippen molar-refractivity contribution in [1.82, 2.24) is 0 Å². The summed E-state index contributed by atoms with van der Waals surface area (Å²) in [5.74, 6) is -2.20. The number of halogens is 2. The molecule has 0 amide bonds. The Labute approximate surface area is 99.6 Å². The second-order valence-corrected chi connectivity index (χ2v) is 6.27. The van der Waals surface area contributed by atoms with Gasteiger partial charge in [-0.25, -0.2) is 17.2 Å². The average Bonchev–Trinajstić information content (AvgIpc) is 2.20. The van der Waals surface area contributed by atoms with Gasteiger partial charge in [-0.3, -0.25) is 0 Å². The molecule has 0 bridgehead atoms. The lowest BCUT2D eigenvalue weighted by molar-refractivity contribution is 0.510. The lowest BCUT2D eigenvalue weighted by atomic mass is 10.1. The van der Waals surface area contributed by atoms with E-state index in [4.69, 9.17) is 5.73 Å². The Kier molecular flexibility index (Phi) is 4.21. The van der Waals surface area contributed by atoms with Crippen LogP contribution in [0.3, 0.4) is 0 Å². The summed E-state index contributed by atoms with van der Waals surface area (Å²) in [5, 5.41) is 0. The smallest absolute Gasteiger partial charge is 0.182 e. The summed E-state index contributed by atoms with van der Waals surface area (Å²) in [5.41, 5.74) is 5.63. The minimum absolute atomic E-state index is 0.0543. The van der Waals surface area contributed by atoms with Crippen molar-refractivity contribution in [3.63, 3.8) is 0 Å². The maximum absolute atomic E-state index is 13.3. The molecule has 0 fully saturated rings. The fraction of sp³-hybridized carbons (Fsp3) is 0.455. The minimum atomic E-state index is -3.90. The Morgan fingerprint density at radius 1 is 1.29 bits per heavy atom. The normalized spacial score (nSPS) is 14.0. The number of hydrogen-bond acceptors (Lipinski definition) is 3. The molecule has 0 spiro atoms. The van der Waals surface area contributed by atoms with Crippen LogP contribution in [-0.2, 0) is 9.84 Å². The summed E-state index contributed by atoms with van der Waals surface area (Å²) in [6, 6.07) is 1.74. The first-order chi connectivity index (χ1) is 7.74. The van der Waals surface area contributed by atoms with Crippen molar-refractivity contribution in [2.45, 2.75) is 24.8 Å². The van der Waals surface area contributed by atoms with Gasteiger partial charge >= 0.3 is 0 Å². The van der Waals surface area contributed by atoms with Crippen LogP contribution in [0.15, 0.2) is 23.1 Å². The maximum atomic E-state index is 13.3. The molecule has 0 radical (unpaired) electrons. The van der Waals surface area contributed by atoms with Crippen LogP contribution in [0.5, 0.6) is 0 Å². The van der Waals surface area contributed by atoms with Gasteiger partial charge in [0, 0.05) is 6.04 Å². The first-order valence-corrected chi connectivity index (χ1v) is 6.82. The molecule has 0 aromatic heterocycles. The third-order valence-corrected chi connectivity index (χ3v) is 4.30. The molecule has 6 heteroatoms. The van der Waals surface area contributed by atoms with Crippen molar-refractivity contribution >= 4 is 9.84 Å². The Morgan fingerprint density at radius 2 is 1.88 bits per heavy atom. The lowest BCUT2D eigenvalue weighted by Crippen LogP contribution is -2.34. The lowest BCUT2D eigenvalue weighted by Gasteiger charge is -2.15. The van der Waals surface area contributed by atoms with Crippen molar-refractivity contribution in [3.8, 4) is 0 Å². The SMILES string of the molecule is CC(C)C(N)CS(=O)(=O)c1cc(F)ccc1F. The van der Waals surface area contributed by atoms with E-state index >= 15 is 0 Å². The van der Waals surface area contributed by atoms with Gasteiger partial charge in [0.05, 0.1) is 5.75 Å². The molecule has 17 heavy (non-hydrogen) atoms. The Morgan fingerprint density at radius 3 is 2.41 bits per heavy atom. The predicted molar refractivity (Wildman–Crippen MR) is 61.2 cm³/mol. The Balaban J connectivity index is 3.09. The zero-order valence-corrected chi connectivity index (χ0v) is 10.5. The van der Waals surface area contributed by atoms with Crippen LogP contribution in [0.1, 0.15) is 13.8 Å². The number of benzene rings is 1. The van der Waals surface area contributed by atoms with Gasteiger partial charge in [-0.05, 0) is 24.1 Å². The third-order valence-electron chi connectivity index (χ3n) is 2.50. The molecular weight excluding hydrogens is 248 g/mol. The monoisotopic (exact) mass is 263 g/mol. The summed E-state index contributed by atoms with van der Waals surface area (Å²) in [6.45, 7) is 3.53. The van der Waals surface area contributed by atoms with Crippen molar-refractivity contribution < 1.29 is 17.2 Å². The maximum Gasteiger partial charge on any atom is 0.182 e. The molecule has 3 nitrogen and oxygen atoms in total. The fourth-order valence-corrected chi connectivity index (χ4v) is 2.98. The summed E-state index contributed by atoms with van der Waals surface area (Å²) >= 11 is 0. The molecule has 0 aliphatic rings. The first-order valence-electron chi connectivity index (χ1n) is 5.17. The van der Waals surface area contributed by atoms with E-state index in [1.807, 2.05) is 0 Å². The molecule has 1 aromatic rings. The zero-order chi connectivity index (χ0) is 13.2. The van der Waals surface area contributed by atoms with E-state index in [0.29, 0.717) is 6.07 Å². The van der Waals surface area contributed by atoms with Gasteiger partial charge in [-0.2, -0.15) is 0 Å². The highest BCUT2D eigenvalue weighted by atomic mass is 32.2. The molecular formula is C11H15F2NO2S. The predicted octanol–water partition coefficient (Wildman–Crippen LogP) is 1.72. The molecule has 0 saturated heterocycles. The van der Waals surface area contributed by atoms with Gasteiger partial charge < -0.3 is 5.73 Å². The standard InChI is InChI=1S/C11H15F2NO2S/c1-7(2)10(14)6-17(15,16)11-5-8(12)3-4-9(11)13/h3-5,7,10H,6,14H2,1-2H3. The summed E-state index contributed by atoms with van der Waals surface area (Å²) in [7, 11) is -3.90. The molecule has 1 aromatic carbocycles. The molecule has 0 saturated carbocycles. The molecule has 1 rings (SSSR count). The van der Waals surface area contributed by atoms with Crippen LogP contribution in [0.2, 0.25) is 0 Å². The van der Waals surface area contributed by atoms with Crippen LogP contribution >= 0.6 is 0 Å². The largest absolute Gasteiger partial charge is 0.327 e. The number of rotatable bonds is 4. The topological polar surface area (TPSA) is 60.2 Å². The van der Waals surface area contributed by atoms with Crippen molar-refractivity contribution in [2.75, 3.05) is 5.75 Å². The quantitative estimate of drug-likeness (QED) is 0.899. The van der Waals surface area contributed by atoms with E-state index in [1.165, 1.54) is 0 Å². The van der Waals surface area contributed by atoms with Crippen molar-refractivity contribution in [1.29, 1.82) is 0 Å². The highest BCUT2D eigenvalue weighted by Crippen LogP contribution is 2.18. The minimum Gasteiger partial charge on any atom is -0.327 e. The second-order valence-electron chi connectivity index (χ2n) is 4.26. The van der Waals surface area contributed by atoms with E-state index in [1.54, 1.807) is 13.8 Å². The summed E-state index contributed by atoms with van der Waals surface area (Å²) in [6.07, 6.45) is 0. The highest BCUT2D eigenvalue weighted by Gasteiger charge is 2.24. The van der Waals surface area contributed by atoms with Crippen molar-refractivity contribution in [2.24, 2.45) is 11.7 Å². The number of hydrogen-bond donors (Lipinski definition) is 1. The third kappa shape index (κ3) is 3.47. The highest BCUT2D eigenvalue weighted by molar-refractivity contribution is 7.91. The molecule has 0 aliphatic carbocycles. The van der Waals surface area contributed by atoms with Crippen LogP contribution < -0.4 is 5.73 Å². The molecule has 1 atom stereocenters. The summed E-state index contributed by atoms with van der Waals surface area (Å²) < 4.78 is 49.9. The number of sulfone groups is 1. The molecule has 1 unspecified atom stereocenters. The van der Waals surface area contributed by atoms with Gasteiger partial charge in [0.1, 0.15) is 16.5 Å². The average molecular weight is 263 g/mol. The van der Waals surface area contributed by atoms with Gasteiger partial charge in [-0.1, -0.05) is 13.8 Å². The Hall–Kier alpha value is -1.01.